The Morgan fingerprint density at radius 1 is 1.00 bits per heavy atom. The Bertz CT molecular complexity index is 695. The smallest absolute Gasteiger partial charge is 0.137 e. The highest BCUT2D eigenvalue weighted by Gasteiger charge is 2.46. The normalized spacial score (nSPS) is 46.1. The van der Waals surface area contributed by atoms with Gasteiger partial charge in [-0.3, -0.25) is 9.98 Å². The van der Waals surface area contributed by atoms with Gasteiger partial charge in [-0.15, -0.1) is 0 Å². The van der Waals surface area contributed by atoms with Crippen LogP contribution in [-0.4, -0.2) is 23.8 Å². The molecule has 2 N–H and O–H groups in total. The van der Waals surface area contributed by atoms with Gasteiger partial charge in [0.2, 0.25) is 0 Å². The maximum atomic E-state index is 14.2. The molecule has 4 bridgehead atoms. The van der Waals surface area contributed by atoms with E-state index < -0.39 is 6.17 Å². The quantitative estimate of drug-likeness (QED) is 0.676. The van der Waals surface area contributed by atoms with Crippen molar-refractivity contribution in [3.8, 4) is 0 Å². The van der Waals surface area contributed by atoms with Crippen molar-refractivity contribution in [2.45, 2.75) is 96.3 Å². The number of aliphatic imine (C=N–C) groups is 2. The third kappa shape index (κ3) is 3.25. The molecule has 0 aromatic rings. The Labute approximate surface area is 169 Å². The summed E-state index contributed by atoms with van der Waals surface area (Å²) in [4.78, 5) is 9.85. The van der Waals surface area contributed by atoms with Crippen molar-refractivity contribution in [1.82, 2.24) is 0 Å². The van der Waals surface area contributed by atoms with E-state index >= 15 is 0 Å². The molecule has 0 aromatic carbocycles. The van der Waals surface area contributed by atoms with Gasteiger partial charge >= 0.3 is 0 Å². The minimum Gasteiger partial charge on any atom is -0.402 e. The Balaban J connectivity index is 1.35. The monoisotopic (exact) mass is 385 g/mol. The lowest BCUT2D eigenvalue weighted by Crippen LogP contribution is -2.42. The van der Waals surface area contributed by atoms with Crippen LogP contribution in [0.15, 0.2) is 21.8 Å². The van der Waals surface area contributed by atoms with Crippen LogP contribution in [0.25, 0.3) is 0 Å². The number of hydrogen-bond donors (Lipinski definition) is 1. The summed E-state index contributed by atoms with van der Waals surface area (Å²) in [6.45, 7) is 2.11. The molecule has 5 rings (SSSR count). The van der Waals surface area contributed by atoms with Crippen LogP contribution in [0.4, 0.5) is 4.39 Å². The van der Waals surface area contributed by atoms with E-state index in [9.17, 15) is 4.39 Å². The zero-order chi connectivity index (χ0) is 19.3. The molecule has 28 heavy (non-hydrogen) atoms. The number of allylic oxidation sites excluding steroid dienone is 2. The Morgan fingerprint density at radius 3 is 2.54 bits per heavy atom. The fourth-order valence-corrected chi connectivity index (χ4v) is 7.42. The molecular weight excluding hydrogens is 349 g/mol. The maximum Gasteiger partial charge on any atom is 0.137 e. The highest BCUT2D eigenvalue weighted by Crippen LogP contribution is 2.53. The zero-order valence-electron chi connectivity index (χ0n) is 17.4. The second-order valence-corrected chi connectivity index (χ2v) is 10.4. The van der Waals surface area contributed by atoms with Crippen molar-refractivity contribution < 1.29 is 4.39 Å². The molecule has 4 heteroatoms. The average molecular weight is 386 g/mol. The van der Waals surface area contributed by atoms with Gasteiger partial charge in [-0.2, -0.15) is 0 Å². The van der Waals surface area contributed by atoms with Gasteiger partial charge < -0.3 is 5.73 Å². The molecule has 0 aromatic heterocycles. The minimum atomic E-state index is -0.617. The molecule has 6 unspecified atom stereocenters. The van der Waals surface area contributed by atoms with Gasteiger partial charge in [0.15, 0.2) is 0 Å². The van der Waals surface area contributed by atoms with Crippen molar-refractivity contribution in [2.75, 3.05) is 0 Å². The molecule has 3 nitrogen and oxygen atoms in total. The number of halogens is 1. The van der Waals surface area contributed by atoms with Crippen LogP contribution in [-0.2, 0) is 0 Å². The third-order valence-electron chi connectivity index (χ3n) is 8.75. The van der Waals surface area contributed by atoms with Gasteiger partial charge in [-0.05, 0) is 88.5 Å². The SMILES string of the molecule is CC1N=C(C=C(N)C23CCCC(C2)C(F)CC3)CC(C2C3CCC[C@H]2CC3)=N1. The van der Waals surface area contributed by atoms with Crippen LogP contribution in [0.5, 0.6) is 0 Å². The topological polar surface area (TPSA) is 50.7 Å². The van der Waals surface area contributed by atoms with E-state index in [4.69, 9.17) is 15.7 Å². The average Bonchev–Trinajstić information content (AvgIpc) is 2.93. The molecule has 1 aliphatic heterocycles. The summed E-state index contributed by atoms with van der Waals surface area (Å²) >= 11 is 0. The number of rotatable bonds is 3. The first-order valence-electron chi connectivity index (χ1n) is 11.8. The van der Waals surface area contributed by atoms with Gasteiger partial charge in [0.25, 0.3) is 0 Å². The fraction of sp³-hybridized carbons (Fsp3) is 0.833. The van der Waals surface area contributed by atoms with Crippen molar-refractivity contribution in [3.63, 3.8) is 0 Å². The molecule has 0 saturated heterocycles. The van der Waals surface area contributed by atoms with E-state index in [0.29, 0.717) is 12.3 Å². The third-order valence-corrected chi connectivity index (χ3v) is 8.75. The van der Waals surface area contributed by atoms with Crippen LogP contribution in [0.1, 0.15) is 84.0 Å². The molecular formula is C24H36FN3. The molecule has 7 atom stereocenters. The first-order valence-corrected chi connectivity index (χ1v) is 11.8. The highest BCUT2D eigenvalue weighted by atomic mass is 19.1. The maximum absolute atomic E-state index is 14.2. The second-order valence-electron chi connectivity index (χ2n) is 10.4. The van der Waals surface area contributed by atoms with Gasteiger partial charge in [0.05, 0.1) is 0 Å². The largest absolute Gasteiger partial charge is 0.402 e. The summed E-state index contributed by atoms with van der Waals surface area (Å²) in [7, 11) is 0. The summed E-state index contributed by atoms with van der Waals surface area (Å²) in [5.41, 5.74) is 10.2. The number of nitrogens with two attached hydrogens (primary N) is 1. The lowest BCUT2D eigenvalue weighted by Gasteiger charge is -2.47. The van der Waals surface area contributed by atoms with E-state index in [-0.39, 0.29) is 17.5 Å². The molecule has 4 aliphatic carbocycles. The Hall–Kier alpha value is -1.19. The van der Waals surface area contributed by atoms with E-state index in [1.807, 2.05) is 0 Å². The molecule has 4 saturated carbocycles. The minimum absolute atomic E-state index is 0.0160. The number of nitrogens with zero attached hydrogens (tertiary/aromatic N) is 2. The molecule has 0 radical (unpaired) electrons. The van der Waals surface area contributed by atoms with Gasteiger partial charge in [-0.25, -0.2) is 4.39 Å². The van der Waals surface area contributed by atoms with Crippen molar-refractivity contribution in [1.29, 1.82) is 0 Å². The zero-order valence-corrected chi connectivity index (χ0v) is 17.4. The predicted molar refractivity (Wildman–Crippen MR) is 113 cm³/mol. The molecule has 0 spiro atoms. The van der Waals surface area contributed by atoms with Crippen LogP contribution in [0, 0.1) is 29.1 Å². The molecule has 5 aliphatic rings. The van der Waals surface area contributed by atoms with Crippen LogP contribution >= 0.6 is 0 Å². The second kappa shape index (κ2) is 7.25. The number of hydrogen-bond acceptors (Lipinski definition) is 3. The highest BCUT2D eigenvalue weighted by molar-refractivity contribution is 6.11. The Morgan fingerprint density at radius 2 is 1.75 bits per heavy atom. The van der Waals surface area contributed by atoms with E-state index in [1.54, 1.807) is 0 Å². The summed E-state index contributed by atoms with van der Waals surface area (Å²) in [6, 6.07) is 0. The summed E-state index contributed by atoms with van der Waals surface area (Å²) in [5.74, 6) is 2.61. The van der Waals surface area contributed by atoms with Crippen molar-refractivity contribution >= 4 is 11.4 Å². The van der Waals surface area contributed by atoms with Crippen LogP contribution in [0.2, 0.25) is 0 Å². The van der Waals surface area contributed by atoms with Crippen molar-refractivity contribution in [2.24, 2.45) is 44.8 Å². The number of fused-ring (bicyclic) bond motifs is 4. The molecule has 1 heterocycles. The Kier molecular flexibility index (Phi) is 4.87. The van der Waals surface area contributed by atoms with Crippen molar-refractivity contribution in [3.05, 3.63) is 11.8 Å². The first-order chi connectivity index (χ1) is 13.5. The summed E-state index contributed by atoms with van der Waals surface area (Å²) in [5, 5.41) is 0. The van der Waals surface area contributed by atoms with Gasteiger partial charge in [0, 0.05) is 34.9 Å². The van der Waals surface area contributed by atoms with Gasteiger partial charge in [0.1, 0.15) is 12.3 Å². The van der Waals surface area contributed by atoms with Gasteiger partial charge in [-0.1, -0.05) is 12.8 Å². The predicted octanol–water partition coefficient (Wildman–Crippen LogP) is 5.60. The molecule has 4 fully saturated rings. The van der Waals surface area contributed by atoms with Crippen LogP contribution < -0.4 is 5.73 Å². The van der Waals surface area contributed by atoms with E-state index in [1.165, 1.54) is 37.8 Å². The lowest BCUT2D eigenvalue weighted by molar-refractivity contribution is 0.0387. The molecule has 0 amide bonds. The lowest BCUT2D eigenvalue weighted by atomic mass is 9.60. The fourth-order valence-electron chi connectivity index (χ4n) is 7.42. The first kappa shape index (κ1) is 18.8. The summed E-state index contributed by atoms with van der Waals surface area (Å²) in [6.07, 6.45) is 15.2. The standard InChI is InChI=1S/C24H36FN3/c1-15-27-19(12-21(28-15)23-16-4-2-5-17(23)8-7-16)13-22(26)24-10-3-6-18(14-24)20(25)9-11-24/h13,15-18,20,23H,2-12,14,26H2,1H3/t15?,16-,17?,18?,20?,23?,24?/m0/s1. The van der Waals surface area contributed by atoms with E-state index in [0.717, 1.165) is 61.8 Å². The van der Waals surface area contributed by atoms with E-state index in [2.05, 4.69) is 13.0 Å². The summed E-state index contributed by atoms with van der Waals surface area (Å²) < 4.78 is 14.2. The number of alkyl halides is 1. The van der Waals surface area contributed by atoms with Crippen LogP contribution in [0.3, 0.4) is 0 Å². The molecule has 154 valence electrons.